The average Bonchev–Trinajstić information content (AvgIpc) is 3.24. The van der Waals surface area contributed by atoms with Crippen LogP contribution in [0.3, 0.4) is 0 Å². The minimum Gasteiger partial charge on any atom is -0.507 e. The monoisotopic (exact) mass is 415 g/mol. The molecule has 2 N–H and O–H groups in total. The predicted molar refractivity (Wildman–Crippen MR) is 126 cm³/mol. The number of para-hydroxylation sites is 1. The molecule has 0 bridgehead atoms. The lowest BCUT2D eigenvalue weighted by molar-refractivity contribution is -0.00674. The van der Waals surface area contributed by atoms with Gasteiger partial charge in [-0.3, -0.25) is 4.90 Å². The third-order valence-corrected chi connectivity index (χ3v) is 6.57. The van der Waals surface area contributed by atoms with Gasteiger partial charge >= 0.3 is 0 Å². The zero-order valence-electron chi connectivity index (χ0n) is 18.8. The van der Waals surface area contributed by atoms with Crippen molar-refractivity contribution in [2.24, 2.45) is 0 Å². The number of phenols is 1. The summed E-state index contributed by atoms with van der Waals surface area (Å²) < 4.78 is 0. The molecule has 1 fully saturated rings. The van der Waals surface area contributed by atoms with E-state index in [9.17, 15) is 10.2 Å². The molecule has 1 aliphatic rings. The first-order valence-corrected chi connectivity index (χ1v) is 11.2. The molecular formula is C28H33NO2. The number of likely N-dealkylation sites (tertiary alicyclic amines) is 1. The minimum absolute atomic E-state index is 0.0741. The molecule has 3 nitrogen and oxygen atoms in total. The van der Waals surface area contributed by atoms with Crippen LogP contribution in [0.4, 0.5) is 0 Å². The van der Waals surface area contributed by atoms with E-state index in [0.29, 0.717) is 12.3 Å². The van der Waals surface area contributed by atoms with Crippen LogP contribution in [0.1, 0.15) is 55.9 Å². The lowest BCUT2D eigenvalue weighted by Gasteiger charge is -2.40. The van der Waals surface area contributed by atoms with Crippen LogP contribution in [0.15, 0.2) is 78.9 Å². The van der Waals surface area contributed by atoms with Crippen molar-refractivity contribution in [3.05, 3.63) is 101 Å². The average molecular weight is 416 g/mol. The minimum atomic E-state index is -1.11. The van der Waals surface area contributed by atoms with E-state index in [1.54, 1.807) is 0 Å². The van der Waals surface area contributed by atoms with Gasteiger partial charge in [-0.1, -0.05) is 99.6 Å². The molecule has 0 amide bonds. The summed E-state index contributed by atoms with van der Waals surface area (Å²) in [6.45, 7) is 7.87. The Morgan fingerprint density at radius 3 is 1.97 bits per heavy atom. The molecule has 0 radical (unpaired) electrons. The highest BCUT2D eigenvalue weighted by Crippen LogP contribution is 2.42. The quantitative estimate of drug-likeness (QED) is 0.571. The molecule has 1 heterocycles. The van der Waals surface area contributed by atoms with Crippen LogP contribution in [0.2, 0.25) is 0 Å². The van der Waals surface area contributed by atoms with Gasteiger partial charge in [0.1, 0.15) is 11.4 Å². The molecule has 0 spiro atoms. The molecule has 0 unspecified atom stereocenters. The lowest BCUT2D eigenvalue weighted by Crippen LogP contribution is -2.48. The Balaban J connectivity index is 1.73. The van der Waals surface area contributed by atoms with Gasteiger partial charge in [-0.2, -0.15) is 0 Å². The maximum absolute atomic E-state index is 12.3. The van der Waals surface area contributed by atoms with E-state index in [1.165, 1.54) is 0 Å². The maximum atomic E-state index is 12.3. The summed E-state index contributed by atoms with van der Waals surface area (Å²) in [6, 6.07) is 25.9. The summed E-state index contributed by atoms with van der Waals surface area (Å²) in [7, 11) is 0. The van der Waals surface area contributed by atoms with Crippen molar-refractivity contribution in [1.82, 2.24) is 4.90 Å². The number of aromatic hydroxyl groups is 1. The summed E-state index contributed by atoms with van der Waals surface area (Å²) in [5, 5.41) is 23.3. The second-order valence-electron chi connectivity index (χ2n) is 9.69. The fourth-order valence-electron chi connectivity index (χ4n) is 4.97. The molecule has 1 aliphatic heterocycles. The number of phenolic OH excluding ortho intramolecular Hbond substituents is 1. The molecule has 3 aromatic rings. The number of aliphatic hydroxyl groups is 1. The molecule has 4 rings (SSSR count). The largest absolute Gasteiger partial charge is 0.507 e. The Bertz CT molecular complexity index is 969. The summed E-state index contributed by atoms with van der Waals surface area (Å²) in [5.41, 5.74) is 2.46. The van der Waals surface area contributed by atoms with Gasteiger partial charge in [-0.15, -0.1) is 0 Å². The predicted octanol–water partition coefficient (Wildman–Crippen LogP) is 5.59. The van der Waals surface area contributed by atoms with Crippen LogP contribution in [0.5, 0.6) is 5.75 Å². The van der Waals surface area contributed by atoms with Crippen LogP contribution >= 0.6 is 0 Å². The molecule has 0 aromatic heterocycles. The fraction of sp³-hybridized carbons (Fsp3) is 0.357. The topological polar surface area (TPSA) is 43.7 Å². The summed E-state index contributed by atoms with van der Waals surface area (Å²) >= 11 is 0. The fourth-order valence-corrected chi connectivity index (χ4v) is 4.97. The maximum Gasteiger partial charge on any atom is 0.130 e. The van der Waals surface area contributed by atoms with Crippen molar-refractivity contribution < 1.29 is 10.2 Å². The second kappa shape index (κ2) is 8.49. The van der Waals surface area contributed by atoms with Crippen molar-refractivity contribution >= 4 is 0 Å². The standard InChI is InChI=1S/C28H33NO2/c1-27(2,3)24-17-10-12-21(26(24)30)20-29-19-11-18-25(29)28(31,22-13-6-4-7-14-22)23-15-8-5-9-16-23/h4-10,12-17,25,30-31H,11,18-20H2,1-3H3/t25-/m1/s1. The van der Waals surface area contributed by atoms with E-state index < -0.39 is 5.60 Å². The van der Waals surface area contributed by atoms with Gasteiger partial charge in [0.25, 0.3) is 0 Å². The first-order valence-electron chi connectivity index (χ1n) is 11.2. The Kier molecular flexibility index (Phi) is 5.92. The van der Waals surface area contributed by atoms with Crippen molar-refractivity contribution in [3.8, 4) is 5.75 Å². The van der Waals surface area contributed by atoms with E-state index in [4.69, 9.17) is 0 Å². The van der Waals surface area contributed by atoms with E-state index in [2.05, 4.69) is 25.7 Å². The molecule has 1 atom stereocenters. The summed E-state index contributed by atoms with van der Waals surface area (Å²) in [4.78, 5) is 2.33. The molecule has 162 valence electrons. The van der Waals surface area contributed by atoms with E-state index in [1.807, 2.05) is 78.9 Å². The second-order valence-corrected chi connectivity index (χ2v) is 9.69. The van der Waals surface area contributed by atoms with Gasteiger partial charge in [0.05, 0.1) is 0 Å². The SMILES string of the molecule is CC(C)(C)c1cccc(CN2CCC[C@@H]2C(O)(c2ccccc2)c2ccccc2)c1O. The van der Waals surface area contributed by atoms with Crippen LogP contribution < -0.4 is 0 Å². The number of nitrogens with zero attached hydrogens (tertiary/aromatic N) is 1. The van der Waals surface area contributed by atoms with Gasteiger partial charge in [0.15, 0.2) is 0 Å². The summed E-state index contributed by atoms with van der Waals surface area (Å²) in [6.07, 6.45) is 1.92. The highest BCUT2D eigenvalue weighted by atomic mass is 16.3. The first kappa shape index (κ1) is 21.6. The lowest BCUT2D eigenvalue weighted by atomic mass is 9.79. The molecule has 3 aromatic carbocycles. The molecular weight excluding hydrogens is 382 g/mol. The Hall–Kier alpha value is -2.62. The van der Waals surface area contributed by atoms with Gasteiger partial charge in [-0.25, -0.2) is 0 Å². The number of hydrogen-bond donors (Lipinski definition) is 2. The highest BCUT2D eigenvalue weighted by Gasteiger charge is 2.45. The number of hydrogen-bond acceptors (Lipinski definition) is 3. The van der Waals surface area contributed by atoms with Crippen LogP contribution in [0, 0.1) is 0 Å². The van der Waals surface area contributed by atoms with Crippen molar-refractivity contribution in [1.29, 1.82) is 0 Å². The molecule has 0 saturated carbocycles. The van der Waals surface area contributed by atoms with Crippen molar-refractivity contribution in [3.63, 3.8) is 0 Å². The molecule has 1 saturated heterocycles. The zero-order valence-corrected chi connectivity index (χ0v) is 18.8. The number of benzene rings is 3. The molecule has 0 aliphatic carbocycles. The molecule has 31 heavy (non-hydrogen) atoms. The highest BCUT2D eigenvalue weighted by molar-refractivity contribution is 5.44. The van der Waals surface area contributed by atoms with Gasteiger partial charge in [0.2, 0.25) is 0 Å². The Morgan fingerprint density at radius 1 is 0.839 bits per heavy atom. The van der Waals surface area contributed by atoms with Crippen LogP contribution in [-0.2, 0) is 17.6 Å². The van der Waals surface area contributed by atoms with Gasteiger partial charge < -0.3 is 10.2 Å². The Labute approximate surface area is 186 Å². The molecule has 3 heteroatoms. The zero-order chi connectivity index (χ0) is 22.1. The van der Waals surface area contributed by atoms with Crippen LogP contribution in [0.25, 0.3) is 0 Å². The van der Waals surface area contributed by atoms with E-state index >= 15 is 0 Å². The van der Waals surface area contributed by atoms with Gasteiger partial charge in [0, 0.05) is 18.2 Å². The van der Waals surface area contributed by atoms with Crippen molar-refractivity contribution in [2.45, 2.75) is 57.2 Å². The smallest absolute Gasteiger partial charge is 0.130 e. The Morgan fingerprint density at radius 2 is 1.42 bits per heavy atom. The third kappa shape index (κ3) is 4.13. The van der Waals surface area contributed by atoms with E-state index in [-0.39, 0.29) is 11.5 Å². The van der Waals surface area contributed by atoms with Crippen molar-refractivity contribution in [2.75, 3.05) is 6.54 Å². The van der Waals surface area contributed by atoms with Gasteiger partial charge in [-0.05, 0) is 41.5 Å². The number of rotatable bonds is 5. The first-order chi connectivity index (χ1) is 14.8. The van der Waals surface area contributed by atoms with Crippen LogP contribution in [-0.4, -0.2) is 27.7 Å². The third-order valence-electron chi connectivity index (χ3n) is 6.57. The summed E-state index contributed by atoms with van der Waals surface area (Å²) in [5.74, 6) is 0.378. The van der Waals surface area contributed by atoms with E-state index in [0.717, 1.165) is 41.6 Å². The normalized spacial score (nSPS) is 17.7.